The average molecular weight is 452 g/mol. The summed E-state index contributed by atoms with van der Waals surface area (Å²) in [5, 5.41) is 16.6. The van der Waals surface area contributed by atoms with Crippen molar-refractivity contribution in [2.24, 2.45) is 22.2 Å². The van der Waals surface area contributed by atoms with Gasteiger partial charge < -0.3 is 14.9 Å². The number of rotatable bonds is 6. The molecule has 1 aliphatic heterocycles. The summed E-state index contributed by atoms with van der Waals surface area (Å²) in [6, 6.07) is 0. The smallest absolute Gasteiger partial charge is 0.331 e. The van der Waals surface area contributed by atoms with Gasteiger partial charge in [-0.05, 0) is 38.0 Å². The molecular weight excluding hydrogens is 418 g/mol. The van der Waals surface area contributed by atoms with Crippen LogP contribution in [0.2, 0.25) is 0 Å². The van der Waals surface area contributed by atoms with Crippen molar-refractivity contribution in [2.75, 3.05) is 12.4 Å². The number of allylic oxidation sites excluding steroid dienone is 2. The van der Waals surface area contributed by atoms with Crippen LogP contribution in [0.15, 0.2) is 28.8 Å². The zero-order valence-corrected chi connectivity index (χ0v) is 19.3. The first-order chi connectivity index (χ1) is 14.6. The summed E-state index contributed by atoms with van der Waals surface area (Å²) in [7, 11) is 0. The van der Waals surface area contributed by atoms with Gasteiger partial charge >= 0.3 is 11.9 Å². The number of thioether (sulfide) groups is 1. The Hall–Kier alpha value is -2.09. The van der Waals surface area contributed by atoms with E-state index in [9.17, 15) is 14.7 Å². The molecule has 31 heavy (non-hydrogen) atoms. The van der Waals surface area contributed by atoms with Crippen LogP contribution < -0.4 is 0 Å². The second kappa shape index (κ2) is 11.0. The maximum atomic E-state index is 12.6. The first-order valence-corrected chi connectivity index (χ1v) is 11.7. The van der Waals surface area contributed by atoms with Gasteiger partial charge in [0.25, 0.3) is 5.97 Å². The van der Waals surface area contributed by atoms with Crippen molar-refractivity contribution in [2.45, 2.75) is 64.2 Å². The molecule has 0 aromatic heterocycles. The van der Waals surface area contributed by atoms with Crippen LogP contribution in [0.3, 0.4) is 0 Å². The molecule has 172 valence electrons. The van der Waals surface area contributed by atoms with Crippen molar-refractivity contribution in [3.05, 3.63) is 23.8 Å². The second-order valence-electron chi connectivity index (χ2n) is 8.78. The minimum Gasteiger partial charge on any atom is -0.481 e. The van der Waals surface area contributed by atoms with E-state index in [1.807, 2.05) is 18.0 Å². The highest BCUT2D eigenvalue weighted by molar-refractivity contribution is 8.01. The molecule has 0 saturated heterocycles. The SMILES string of the molecule is CC(=O)O.CC1CCC(C2(CCOC(=O)C3(C)C=CC=C(C(=O)O)C3)N=CCS2)CC1. The summed E-state index contributed by atoms with van der Waals surface area (Å²) in [5.41, 5.74) is -0.678. The number of aliphatic carboxylic acids is 2. The number of carboxylic acid groups (broad SMARTS) is 2. The van der Waals surface area contributed by atoms with Crippen LogP contribution in [0.25, 0.3) is 0 Å². The molecule has 0 amide bonds. The van der Waals surface area contributed by atoms with E-state index in [-0.39, 0.29) is 22.8 Å². The highest BCUT2D eigenvalue weighted by Crippen LogP contribution is 2.48. The highest BCUT2D eigenvalue weighted by Gasteiger charge is 2.43. The van der Waals surface area contributed by atoms with E-state index in [4.69, 9.17) is 19.6 Å². The zero-order chi connectivity index (χ0) is 23.1. The van der Waals surface area contributed by atoms with Gasteiger partial charge in [0.1, 0.15) is 4.87 Å². The first kappa shape index (κ1) is 25.2. The number of hydrogen-bond acceptors (Lipinski definition) is 6. The lowest BCUT2D eigenvalue weighted by atomic mass is 9.78. The van der Waals surface area contributed by atoms with Gasteiger partial charge in [-0.3, -0.25) is 14.6 Å². The number of carbonyl (C=O) groups excluding carboxylic acids is 1. The fourth-order valence-electron chi connectivity index (χ4n) is 4.32. The van der Waals surface area contributed by atoms with Crippen LogP contribution in [0.5, 0.6) is 0 Å². The number of esters is 1. The van der Waals surface area contributed by atoms with Crippen molar-refractivity contribution in [3.8, 4) is 0 Å². The Morgan fingerprint density at radius 3 is 2.42 bits per heavy atom. The fraction of sp³-hybridized carbons (Fsp3) is 0.652. The predicted octanol–water partition coefficient (Wildman–Crippen LogP) is 4.33. The van der Waals surface area contributed by atoms with Crippen molar-refractivity contribution < 1.29 is 29.3 Å². The number of carboxylic acids is 2. The largest absolute Gasteiger partial charge is 0.481 e. The van der Waals surface area contributed by atoms with E-state index in [2.05, 4.69) is 6.92 Å². The lowest BCUT2D eigenvalue weighted by Gasteiger charge is -2.38. The van der Waals surface area contributed by atoms with Gasteiger partial charge in [-0.2, -0.15) is 0 Å². The minimum atomic E-state index is -0.986. The third kappa shape index (κ3) is 6.95. The zero-order valence-electron chi connectivity index (χ0n) is 18.5. The average Bonchev–Trinajstić information content (AvgIpc) is 3.18. The van der Waals surface area contributed by atoms with E-state index < -0.39 is 17.4 Å². The molecule has 2 atom stereocenters. The van der Waals surface area contributed by atoms with E-state index in [1.54, 1.807) is 25.2 Å². The summed E-state index contributed by atoms with van der Waals surface area (Å²) in [6.07, 6.45) is 12.7. The maximum absolute atomic E-state index is 12.6. The first-order valence-electron chi connectivity index (χ1n) is 10.7. The van der Waals surface area contributed by atoms with Gasteiger partial charge in [-0.15, -0.1) is 11.8 Å². The molecule has 3 rings (SSSR count). The van der Waals surface area contributed by atoms with Crippen LogP contribution in [0, 0.1) is 17.3 Å². The molecule has 8 heteroatoms. The Labute approximate surface area is 188 Å². The molecule has 0 spiro atoms. The Bertz CT molecular complexity index is 764. The lowest BCUT2D eigenvalue weighted by molar-refractivity contribution is -0.152. The molecule has 3 aliphatic rings. The van der Waals surface area contributed by atoms with Crippen LogP contribution in [-0.4, -0.2) is 51.6 Å². The van der Waals surface area contributed by atoms with Crippen molar-refractivity contribution in [1.29, 1.82) is 0 Å². The molecule has 0 radical (unpaired) electrons. The Balaban J connectivity index is 0.000000785. The predicted molar refractivity (Wildman–Crippen MR) is 121 cm³/mol. The lowest BCUT2D eigenvalue weighted by Crippen LogP contribution is -2.36. The van der Waals surface area contributed by atoms with Gasteiger partial charge in [0, 0.05) is 30.9 Å². The maximum Gasteiger partial charge on any atom is 0.331 e. The second-order valence-corrected chi connectivity index (χ2v) is 10.1. The van der Waals surface area contributed by atoms with Crippen LogP contribution in [-0.2, 0) is 19.1 Å². The van der Waals surface area contributed by atoms with Crippen molar-refractivity contribution in [1.82, 2.24) is 0 Å². The number of nitrogens with zero attached hydrogens (tertiary/aromatic N) is 1. The quantitative estimate of drug-likeness (QED) is 0.578. The van der Waals surface area contributed by atoms with E-state index in [1.165, 1.54) is 25.7 Å². The summed E-state index contributed by atoms with van der Waals surface area (Å²) >= 11 is 1.87. The number of hydrogen-bond donors (Lipinski definition) is 2. The third-order valence-corrected chi connectivity index (χ3v) is 7.58. The Morgan fingerprint density at radius 1 is 1.23 bits per heavy atom. The summed E-state index contributed by atoms with van der Waals surface area (Å²) in [5.74, 6) is 0.0853. The molecule has 2 aliphatic carbocycles. The Kier molecular flexibility index (Phi) is 8.91. The molecule has 1 fully saturated rings. The van der Waals surface area contributed by atoms with Gasteiger partial charge in [0.15, 0.2) is 0 Å². The highest BCUT2D eigenvalue weighted by atomic mass is 32.2. The fourth-order valence-corrected chi connectivity index (χ4v) is 5.60. The number of ether oxygens (including phenoxy) is 1. The van der Waals surface area contributed by atoms with E-state index >= 15 is 0 Å². The molecule has 1 saturated carbocycles. The van der Waals surface area contributed by atoms with Gasteiger partial charge in [-0.1, -0.05) is 38.0 Å². The molecule has 1 heterocycles. The molecule has 0 bridgehead atoms. The third-order valence-electron chi connectivity index (χ3n) is 6.12. The standard InChI is InChI=1S/C21H29NO4S.C2H4O2/c1-15-5-7-17(8-6-15)21(22-11-13-27-21)10-12-26-19(25)20(2)9-3-4-16(14-20)18(23)24;1-2(3)4/h3-4,9,11,15,17H,5-8,10,12-14H2,1-2H3,(H,23,24);1H3,(H,3,4). The van der Waals surface area contributed by atoms with Crippen LogP contribution in [0.4, 0.5) is 0 Å². The topological polar surface area (TPSA) is 113 Å². The number of aliphatic imine (C=N–C) groups is 1. The summed E-state index contributed by atoms with van der Waals surface area (Å²) in [4.78, 5) is 37.5. The van der Waals surface area contributed by atoms with Gasteiger partial charge in [0.05, 0.1) is 12.0 Å². The monoisotopic (exact) mass is 451 g/mol. The molecular formula is C23H33NO6S. The van der Waals surface area contributed by atoms with E-state index in [0.717, 1.165) is 25.0 Å². The van der Waals surface area contributed by atoms with Crippen LogP contribution >= 0.6 is 11.8 Å². The Morgan fingerprint density at radius 2 is 1.87 bits per heavy atom. The van der Waals surface area contributed by atoms with Crippen LogP contribution in [0.1, 0.15) is 59.3 Å². The van der Waals surface area contributed by atoms with Gasteiger partial charge in [-0.25, -0.2) is 4.79 Å². The minimum absolute atomic E-state index is 0.157. The van der Waals surface area contributed by atoms with Gasteiger partial charge in [0.2, 0.25) is 0 Å². The molecule has 0 aromatic carbocycles. The molecule has 2 unspecified atom stereocenters. The van der Waals surface area contributed by atoms with Crippen molar-refractivity contribution in [3.63, 3.8) is 0 Å². The van der Waals surface area contributed by atoms with Crippen molar-refractivity contribution >= 4 is 35.9 Å². The molecule has 7 nitrogen and oxygen atoms in total. The summed E-state index contributed by atoms with van der Waals surface area (Å²) in [6.45, 7) is 5.46. The molecule has 2 N–H and O–H groups in total. The normalized spacial score (nSPS) is 31.9. The van der Waals surface area contributed by atoms with E-state index in [0.29, 0.717) is 12.5 Å². The summed E-state index contributed by atoms with van der Waals surface area (Å²) < 4.78 is 5.61. The number of carbonyl (C=O) groups is 3. The molecule has 0 aromatic rings.